The zero-order valence-corrected chi connectivity index (χ0v) is 12.5. The molecule has 1 aromatic carbocycles. The van der Waals surface area contributed by atoms with Crippen LogP contribution in [0.5, 0.6) is 0 Å². The predicted octanol–water partition coefficient (Wildman–Crippen LogP) is 3.57. The molecule has 0 aromatic heterocycles. The van der Waals surface area contributed by atoms with Gasteiger partial charge in [0.05, 0.1) is 11.6 Å². The Bertz CT molecular complexity index is 487. The topological polar surface area (TPSA) is 52.9 Å². The van der Waals surface area contributed by atoms with Crippen LogP contribution in [0.2, 0.25) is 0 Å². The zero-order valence-electron chi connectivity index (χ0n) is 10.9. The number of carbonyl (C=O) groups is 1. The van der Waals surface area contributed by atoms with Crippen molar-refractivity contribution in [1.82, 2.24) is 5.32 Å². The van der Waals surface area contributed by atoms with Crippen LogP contribution in [0.1, 0.15) is 42.6 Å². The second-order valence-electron chi connectivity index (χ2n) is 4.34. The number of aryl methyl sites for hydroxylation is 1. The highest BCUT2D eigenvalue weighted by Gasteiger charge is 2.28. The van der Waals surface area contributed by atoms with Gasteiger partial charge in [0.25, 0.3) is 5.91 Å². The normalized spacial score (nSPS) is 10.8. The van der Waals surface area contributed by atoms with E-state index in [1.54, 1.807) is 0 Å². The molecule has 0 radical (unpaired) electrons. The summed E-state index contributed by atoms with van der Waals surface area (Å²) in [7, 11) is 0. The van der Waals surface area contributed by atoms with Crippen molar-refractivity contribution in [2.24, 2.45) is 0 Å². The SMILES string of the molecule is CCC(C#N)(CC)NC(=O)c1cc(C)ccc1Br. The maximum Gasteiger partial charge on any atom is 0.253 e. The van der Waals surface area contributed by atoms with Crippen molar-refractivity contribution in [3.05, 3.63) is 33.8 Å². The Morgan fingerprint density at radius 2 is 2.06 bits per heavy atom. The summed E-state index contributed by atoms with van der Waals surface area (Å²) in [6.07, 6.45) is 1.18. The summed E-state index contributed by atoms with van der Waals surface area (Å²) in [5.74, 6) is -0.212. The Balaban J connectivity index is 3.02. The zero-order chi connectivity index (χ0) is 13.8. The lowest BCUT2D eigenvalue weighted by molar-refractivity contribution is 0.0914. The smallest absolute Gasteiger partial charge is 0.253 e. The molecule has 96 valence electrons. The summed E-state index contributed by atoms with van der Waals surface area (Å²) >= 11 is 3.36. The lowest BCUT2D eigenvalue weighted by Crippen LogP contribution is -2.46. The number of benzene rings is 1. The summed E-state index contributed by atoms with van der Waals surface area (Å²) in [6.45, 7) is 5.73. The van der Waals surface area contributed by atoms with E-state index in [0.29, 0.717) is 18.4 Å². The maximum atomic E-state index is 12.2. The van der Waals surface area contributed by atoms with Gasteiger partial charge in [-0.05, 0) is 47.8 Å². The molecule has 3 nitrogen and oxygen atoms in total. The first-order valence-electron chi connectivity index (χ1n) is 5.98. The quantitative estimate of drug-likeness (QED) is 0.924. The van der Waals surface area contributed by atoms with E-state index >= 15 is 0 Å². The molecule has 1 rings (SSSR count). The van der Waals surface area contributed by atoms with Crippen molar-refractivity contribution in [2.75, 3.05) is 0 Å². The second kappa shape index (κ2) is 6.01. The molecular formula is C14H17BrN2O. The van der Waals surface area contributed by atoms with E-state index in [4.69, 9.17) is 0 Å². The molecule has 0 aliphatic rings. The van der Waals surface area contributed by atoms with E-state index in [9.17, 15) is 10.1 Å². The summed E-state index contributed by atoms with van der Waals surface area (Å²) in [5.41, 5.74) is 0.802. The third-order valence-corrected chi connectivity index (χ3v) is 3.83. The van der Waals surface area contributed by atoms with Gasteiger partial charge in [-0.2, -0.15) is 5.26 Å². The van der Waals surface area contributed by atoms with Gasteiger partial charge in [-0.15, -0.1) is 0 Å². The monoisotopic (exact) mass is 308 g/mol. The molecule has 0 heterocycles. The molecule has 1 N–H and O–H groups in total. The van der Waals surface area contributed by atoms with Crippen LogP contribution < -0.4 is 5.32 Å². The highest BCUT2D eigenvalue weighted by molar-refractivity contribution is 9.10. The largest absolute Gasteiger partial charge is 0.334 e. The molecule has 18 heavy (non-hydrogen) atoms. The fraction of sp³-hybridized carbons (Fsp3) is 0.429. The number of hydrogen-bond donors (Lipinski definition) is 1. The van der Waals surface area contributed by atoms with E-state index in [2.05, 4.69) is 27.3 Å². The highest BCUT2D eigenvalue weighted by Crippen LogP contribution is 2.20. The van der Waals surface area contributed by atoms with Crippen LogP contribution in [-0.4, -0.2) is 11.4 Å². The molecule has 0 unspecified atom stereocenters. The van der Waals surface area contributed by atoms with Gasteiger partial charge in [-0.1, -0.05) is 25.5 Å². The first kappa shape index (κ1) is 14.7. The Morgan fingerprint density at radius 3 is 2.56 bits per heavy atom. The van der Waals surface area contributed by atoms with Crippen molar-refractivity contribution in [3.8, 4) is 6.07 Å². The Hall–Kier alpha value is -1.34. The lowest BCUT2D eigenvalue weighted by atomic mass is 9.94. The Kier molecular flexibility index (Phi) is 4.92. The molecule has 1 amide bonds. The summed E-state index contributed by atoms with van der Waals surface area (Å²) in [6, 6.07) is 7.79. The summed E-state index contributed by atoms with van der Waals surface area (Å²) in [4.78, 5) is 12.2. The third kappa shape index (κ3) is 3.11. The second-order valence-corrected chi connectivity index (χ2v) is 5.19. The number of rotatable bonds is 4. The number of nitrogens with zero attached hydrogens (tertiary/aromatic N) is 1. The van der Waals surface area contributed by atoms with E-state index in [1.165, 1.54) is 0 Å². The van der Waals surface area contributed by atoms with Crippen LogP contribution >= 0.6 is 15.9 Å². The molecule has 0 fully saturated rings. The standard InChI is InChI=1S/C14H17BrN2O/c1-4-14(5-2,9-16)17-13(18)11-8-10(3)6-7-12(11)15/h6-8H,4-5H2,1-3H3,(H,17,18). The van der Waals surface area contributed by atoms with Gasteiger partial charge in [0.2, 0.25) is 0 Å². The van der Waals surface area contributed by atoms with Gasteiger partial charge in [-0.25, -0.2) is 0 Å². The number of hydrogen-bond acceptors (Lipinski definition) is 2. The first-order chi connectivity index (χ1) is 8.48. The van der Waals surface area contributed by atoms with Crippen molar-refractivity contribution >= 4 is 21.8 Å². The molecule has 4 heteroatoms. The van der Waals surface area contributed by atoms with E-state index in [1.807, 2.05) is 39.0 Å². The number of amides is 1. The van der Waals surface area contributed by atoms with Crippen LogP contribution in [0, 0.1) is 18.3 Å². The van der Waals surface area contributed by atoms with Crippen LogP contribution in [-0.2, 0) is 0 Å². The van der Waals surface area contributed by atoms with Crippen LogP contribution in [0.25, 0.3) is 0 Å². The predicted molar refractivity (Wildman–Crippen MR) is 75.3 cm³/mol. The van der Waals surface area contributed by atoms with Gasteiger partial charge < -0.3 is 5.32 Å². The van der Waals surface area contributed by atoms with Crippen molar-refractivity contribution in [1.29, 1.82) is 5.26 Å². The molecular weight excluding hydrogens is 292 g/mol. The number of carbonyl (C=O) groups excluding carboxylic acids is 1. The van der Waals surface area contributed by atoms with Gasteiger partial charge >= 0.3 is 0 Å². The molecule has 0 saturated carbocycles. The third-order valence-electron chi connectivity index (χ3n) is 3.14. The van der Waals surface area contributed by atoms with Crippen LogP contribution in [0.3, 0.4) is 0 Å². The highest BCUT2D eigenvalue weighted by atomic mass is 79.9. The number of nitriles is 1. The van der Waals surface area contributed by atoms with Crippen molar-refractivity contribution < 1.29 is 4.79 Å². The van der Waals surface area contributed by atoms with Gasteiger partial charge in [0, 0.05) is 4.47 Å². The average molecular weight is 309 g/mol. The molecule has 0 spiro atoms. The van der Waals surface area contributed by atoms with E-state index in [0.717, 1.165) is 10.0 Å². The van der Waals surface area contributed by atoms with Crippen LogP contribution in [0.15, 0.2) is 22.7 Å². The molecule has 1 aromatic rings. The summed E-state index contributed by atoms with van der Waals surface area (Å²) in [5, 5.41) is 12.1. The maximum absolute atomic E-state index is 12.2. The molecule has 0 aliphatic heterocycles. The lowest BCUT2D eigenvalue weighted by Gasteiger charge is -2.25. The van der Waals surface area contributed by atoms with Crippen LogP contribution in [0.4, 0.5) is 0 Å². The number of halogens is 1. The minimum atomic E-state index is -0.778. The van der Waals surface area contributed by atoms with Crippen molar-refractivity contribution in [2.45, 2.75) is 39.2 Å². The molecule has 0 bridgehead atoms. The van der Waals surface area contributed by atoms with Gasteiger partial charge in [0.15, 0.2) is 0 Å². The van der Waals surface area contributed by atoms with E-state index in [-0.39, 0.29) is 5.91 Å². The Labute approximate surface area is 116 Å². The molecule has 0 saturated heterocycles. The molecule has 0 atom stereocenters. The summed E-state index contributed by atoms with van der Waals surface area (Å²) < 4.78 is 0.740. The average Bonchev–Trinajstić information content (AvgIpc) is 2.38. The minimum absolute atomic E-state index is 0.212. The first-order valence-corrected chi connectivity index (χ1v) is 6.77. The minimum Gasteiger partial charge on any atom is -0.334 e. The fourth-order valence-electron chi connectivity index (χ4n) is 1.71. The Morgan fingerprint density at radius 1 is 1.44 bits per heavy atom. The van der Waals surface area contributed by atoms with E-state index < -0.39 is 5.54 Å². The number of nitrogens with one attached hydrogen (secondary N) is 1. The fourth-order valence-corrected chi connectivity index (χ4v) is 2.14. The van der Waals surface area contributed by atoms with Crippen molar-refractivity contribution in [3.63, 3.8) is 0 Å². The van der Waals surface area contributed by atoms with Gasteiger partial charge in [-0.3, -0.25) is 4.79 Å². The van der Waals surface area contributed by atoms with Gasteiger partial charge in [0.1, 0.15) is 5.54 Å². The molecule has 0 aliphatic carbocycles.